The van der Waals surface area contributed by atoms with E-state index in [-0.39, 0.29) is 23.2 Å². The van der Waals surface area contributed by atoms with Gasteiger partial charge in [-0.05, 0) is 69.1 Å². The van der Waals surface area contributed by atoms with E-state index >= 15 is 0 Å². The molecule has 2 aromatic rings. The van der Waals surface area contributed by atoms with Crippen molar-refractivity contribution in [3.8, 4) is 5.75 Å². The number of nitrogens with one attached hydrogen (secondary N) is 1. The minimum absolute atomic E-state index is 0.0653. The molecule has 7 heteroatoms. The lowest BCUT2D eigenvalue weighted by atomic mass is 9.58. The first-order chi connectivity index (χ1) is 17.5. The van der Waals surface area contributed by atoms with Gasteiger partial charge < -0.3 is 19.2 Å². The third-order valence-corrected chi connectivity index (χ3v) is 8.07. The molecule has 0 unspecified atom stereocenters. The van der Waals surface area contributed by atoms with Gasteiger partial charge in [0, 0.05) is 29.4 Å². The molecule has 1 heterocycles. The highest BCUT2D eigenvalue weighted by Gasteiger charge is 2.45. The van der Waals surface area contributed by atoms with Crippen LogP contribution in [0.4, 0.5) is 0 Å². The van der Waals surface area contributed by atoms with Gasteiger partial charge >= 0.3 is 11.6 Å². The van der Waals surface area contributed by atoms with Crippen LogP contribution in [0, 0.1) is 23.2 Å². The maximum Gasteiger partial charge on any atom is 0.336 e. The molecule has 1 N–H and O–H groups in total. The smallest absolute Gasteiger partial charge is 0.336 e. The van der Waals surface area contributed by atoms with Gasteiger partial charge in [0.2, 0.25) is 5.91 Å². The summed E-state index contributed by atoms with van der Waals surface area (Å²) in [5, 5.41) is 3.71. The molecule has 0 spiro atoms. The molecule has 4 atom stereocenters. The minimum Gasteiger partial charge on any atom is -0.493 e. The number of benzene rings is 1. The van der Waals surface area contributed by atoms with Crippen LogP contribution in [0.15, 0.2) is 50.7 Å². The Labute approximate surface area is 219 Å². The van der Waals surface area contributed by atoms with Crippen LogP contribution in [-0.2, 0) is 14.3 Å². The molecule has 3 rings (SSSR count). The second-order valence-electron chi connectivity index (χ2n) is 11.1. The SMILES string of the molecule is COC(=O)[C@@H](NC(=O)CC[C@H]1C(=C(C)C)CC[C@H](C)[C@]1(C)COc1ccc2ccc(=O)oc2c1)C(C)C. The van der Waals surface area contributed by atoms with Crippen LogP contribution >= 0.6 is 0 Å². The molecule has 0 saturated heterocycles. The average Bonchev–Trinajstić information content (AvgIpc) is 2.85. The Kier molecular flexibility index (Phi) is 9.21. The number of hydrogen-bond donors (Lipinski definition) is 1. The van der Waals surface area contributed by atoms with Crippen molar-refractivity contribution < 1.29 is 23.5 Å². The fourth-order valence-corrected chi connectivity index (χ4v) is 5.48. The van der Waals surface area contributed by atoms with Crippen molar-refractivity contribution in [1.29, 1.82) is 0 Å². The predicted molar refractivity (Wildman–Crippen MR) is 144 cm³/mol. The summed E-state index contributed by atoms with van der Waals surface area (Å²) in [6, 6.07) is 8.02. The fourth-order valence-electron chi connectivity index (χ4n) is 5.48. The van der Waals surface area contributed by atoms with Gasteiger partial charge in [0.15, 0.2) is 0 Å². The van der Waals surface area contributed by atoms with Crippen molar-refractivity contribution in [3.63, 3.8) is 0 Å². The van der Waals surface area contributed by atoms with E-state index in [0.717, 1.165) is 18.2 Å². The van der Waals surface area contributed by atoms with E-state index in [1.807, 2.05) is 26.0 Å². The third-order valence-electron chi connectivity index (χ3n) is 8.07. The topological polar surface area (TPSA) is 94.8 Å². The van der Waals surface area contributed by atoms with Gasteiger partial charge in [-0.25, -0.2) is 9.59 Å². The Bertz CT molecular complexity index is 1210. The first kappa shape index (κ1) is 28.5. The Balaban J connectivity index is 1.80. The molecule has 1 aromatic carbocycles. The summed E-state index contributed by atoms with van der Waals surface area (Å²) in [4.78, 5) is 36.7. The van der Waals surface area contributed by atoms with E-state index in [2.05, 4.69) is 33.0 Å². The number of rotatable bonds is 9. The second-order valence-corrected chi connectivity index (χ2v) is 11.1. The van der Waals surface area contributed by atoms with Crippen LogP contribution in [0.1, 0.15) is 67.2 Å². The maximum atomic E-state index is 12.9. The summed E-state index contributed by atoms with van der Waals surface area (Å²) in [5.74, 6) is 0.535. The lowest BCUT2D eigenvalue weighted by Gasteiger charge is -2.48. The van der Waals surface area contributed by atoms with Crippen LogP contribution in [0.2, 0.25) is 0 Å². The lowest BCUT2D eigenvalue weighted by Crippen LogP contribution is -2.46. The molecule has 0 aliphatic heterocycles. The molecular weight excluding hydrogens is 470 g/mol. The van der Waals surface area contributed by atoms with Gasteiger partial charge in [-0.2, -0.15) is 0 Å². The number of carbonyl (C=O) groups is 2. The van der Waals surface area contributed by atoms with E-state index < -0.39 is 17.6 Å². The highest BCUT2D eigenvalue weighted by Crippen LogP contribution is 2.51. The molecule has 1 aromatic heterocycles. The molecule has 1 aliphatic carbocycles. The fraction of sp³-hybridized carbons (Fsp3) is 0.567. The monoisotopic (exact) mass is 511 g/mol. The Morgan fingerprint density at radius 3 is 2.54 bits per heavy atom. The zero-order chi connectivity index (χ0) is 27.3. The van der Waals surface area contributed by atoms with E-state index in [9.17, 15) is 14.4 Å². The molecule has 1 fully saturated rings. The molecule has 7 nitrogen and oxygen atoms in total. The highest BCUT2D eigenvalue weighted by molar-refractivity contribution is 5.84. The molecule has 1 aliphatic rings. The van der Waals surface area contributed by atoms with E-state index in [4.69, 9.17) is 13.9 Å². The van der Waals surface area contributed by atoms with Crippen LogP contribution in [0.3, 0.4) is 0 Å². The molecule has 0 bridgehead atoms. The van der Waals surface area contributed by atoms with Crippen LogP contribution < -0.4 is 15.7 Å². The molecular formula is C30H41NO6. The van der Waals surface area contributed by atoms with Crippen molar-refractivity contribution in [3.05, 3.63) is 51.9 Å². The molecule has 0 radical (unpaired) electrons. The zero-order valence-electron chi connectivity index (χ0n) is 23.2. The third kappa shape index (κ3) is 6.62. The maximum absolute atomic E-state index is 12.9. The summed E-state index contributed by atoms with van der Waals surface area (Å²) in [6.07, 6.45) is 3.02. The number of fused-ring (bicyclic) bond motifs is 1. The molecule has 37 heavy (non-hydrogen) atoms. The van der Waals surface area contributed by atoms with Crippen molar-refractivity contribution in [2.24, 2.45) is 23.2 Å². The first-order valence-electron chi connectivity index (χ1n) is 13.2. The average molecular weight is 512 g/mol. The first-order valence-corrected chi connectivity index (χ1v) is 13.2. The van der Waals surface area contributed by atoms with E-state index in [1.165, 1.54) is 24.3 Å². The lowest BCUT2D eigenvalue weighted by molar-refractivity contribution is -0.146. The van der Waals surface area contributed by atoms with Crippen molar-refractivity contribution in [2.75, 3.05) is 13.7 Å². The van der Waals surface area contributed by atoms with Crippen molar-refractivity contribution in [2.45, 2.75) is 73.3 Å². The quantitative estimate of drug-likeness (QED) is 0.265. The Morgan fingerprint density at radius 2 is 1.89 bits per heavy atom. The van der Waals surface area contributed by atoms with Gasteiger partial charge in [0.05, 0.1) is 13.7 Å². The predicted octanol–water partition coefficient (Wildman–Crippen LogP) is 5.65. The number of carbonyl (C=O) groups excluding carboxylic acids is 2. The number of ether oxygens (including phenoxy) is 2. The zero-order valence-corrected chi connectivity index (χ0v) is 23.2. The summed E-state index contributed by atoms with van der Waals surface area (Å²) >= 11 is 0. The molecule has 1 amide bonds. The van der Waals surface area contributed by atoms with Gasteiger partial charge in [-0.15, -0.1) is 0 Å². The van der Waals surface area contributed by atoms with Gasteiger partial charge in [0.25, 0.3) is 0 Å². The number of amides is 1. The van der Waals surface area contributed by atoms with E-state index in [0.29, 0.717) is 36.7 Å². The minimum atomic E-state index is -0.659. The summed E-state index contributed by atoms with van der Waals surface area (Å²) < 4.78 is 16.5. The number of hydrogen-bond acceptors (Lipinski definition) is 6. The van der Waals surface area contributed by atoms with Crippen molar-refractivity contribution >= 4 is 22.8 Å². The Morgan fingerprint density at radius 1 is 1.19 bits per heavy atom. The van der Waals surface area contributed by atoms with E-state index in [1.54, 1.807) is 12.1 Å². The summed E-state index contributed by atoms with van der Waals surface area (Å²) in [7, 11) is 1.34. The number of allylic oxidation sites excluding steroid dienone is 2. The number of esters is 1. The highest BCUT2D eigenvalue weighted by atomic mass is 16.5. The van der Waals surface area contributed by atoms with Gasteiger partial charge in [-0.3, -0.25) is 4.79 Å². The van der Waals surface area contributed by atoms with Gasteiger partial charge in [0.1, 0.15) is 17.4 Å². The summed E-state index contributed by atoms with van der Waals surface area (Å²) in [6.45, 7) is 13.0. The Hall–Kier alpha value is -3.09. The van der Waals surface area contributed by atoms with Crippen molar-refractivity contribution in [1.82, 2.24) is 5.32 Å². The molecule has 1 saturated carbocycles. The number of methoxy groups -OCH3 is 1. The normalized spacial score (nSPS) is 22.5. The van der Waals surface area contributed by atoms with Crippen LogP contribution in [0.5, 0.6) is 5.75 Å². The van der Waals surface area contributed by atoms with Gasteiger partial charge in [-0.1, -0.05) is 38.8 Å². The largest absolute Gasteiger partial charge is 0.493 e. The molecule has 202 valence electrons. The van der Waals surface area contributed by atoms with Crippen LogP contribution in [-0.4, -0.2) is 31.6 Å². The van der Waals surface area contributed by atoms with Crippen LogP contribution in [0.25, 0.3) is 11.0 Å². The standard InChI is InChI=1S/C30H41NO6/c1-18(2)23-12-8-20(5)30(6,17-36-22-11-9-21-10-15-27(33)37-25(21)16-22)24(23)13-14-26(32)31-28(19(3)4)29(34)35-7/h9-11,15-16,19-20,24,28H,8,12-14,17H2,1-7H3,(H,31,32)/t20-,24-,28-,30-/m0/s1. The second kappa shape index (κ2) is 12.0. The summed E-state index contributed by atoms with van der Waals surface area (Å²) in [5.41, 5.74) is 2.56.